The molecule has 0 bridgehead atoms. The normalized spacial score (nSPS) is 13.0. The van der Waals surface area contributed by atoms with Crippen molar-refractivity contribution in [2.24, 2.45) is 0 Å². The summed E-state index contributed by atoms with van der Waals surface area (Å²) in [5, 5.41) is 4.00. The number of benzene rings is 1. The highest BCUT2D eigenvalue weighted by atomic mass is 35.5. The zero-order valence-corrected chi connectivity index (χ0v) is 14.2. The number of nitrogens with zero attached hydrogens (tertiary/aromatic N) is 1. The van der Waals surface area contributed by atoms with Crippen LogP contribution in [0.4, 0.5) is 0 Å². The number of hydrogen-bond donors (Lipinski definition) is 1. The summed E-state index contributed by atoms with van der Waals surface area (Å²) < 4.78 is 23.5. The maximum atomic E-state index is 11.8. The Morgan fingerprint density at radius 1 is 1.23 bits per heavy atom. The third kappa shape index (κ3) is 4.06. The van der Waals surface area contributed by atoms with Crippen LogP contribution in [0.2, 0.25) is 5.02 Å². The van der Waals surface area contributed by atoms with Crippen molar-refractivity contribution >= 4 is 21.4 Å². The predicted molar refractivity (Wildman–Crippen MR) is 88.7 cm³/mol. The van der Waals surface area contributed by atoms with Crippen molar-refractivity contribution in [2.45, 2.75) is 31.3 Å². The number of pyridine rings is 1. The molecule has 1 atom stereocenters. The first-order valence-corrected chi connectivity index (χ1v) is 9.11. The van der Waals surface area contributed by atoms with E-state index in [9.17, 15) is 8.42 Å². The fourth-order valence-electron chi connectivity index (χ4n) is 2.10. The third-order valence-corrected chi connectivity index (χ3v) is 5.61. The summed E-state index contributed by atoms with van der Waals surface area (Å²) in [6, 6.07) is 8.93. The lowest BCUT2D eigenvalue weighted by Gasteiger charge is -2.15. The molecule has 0 aliphatic carbocycles. The highest BCUT2D eigenvalue weighted by Crippen LogP contribution is 2.21. The van der Waals surface area contributed by atoms with Crippen LogP contribution in [0.5, 0.6) is 0 Å². The van der Waals surface area contributed by atoms with Gasteiger partial charge in [0.25, 0.3) is 0 Å². The van der Waals surface area contributed by atoms with Gasteiger partial charge in [-0.15, -0.1) is 0 Å². The fraction of sp³-hybridized carbons (Fsp3) is 0.312. The highest BCUT2D eigenvalue weighted by Gasteiger charge is 2.12. The summed E-state index contributed by atoms with van der Waals surface area (Å²) in [5.74, 6) is 0.113. The van der Waals surface area contributed by atoms with E-state index in [0.29, 0.717) is 16.5 Å². The lowest BCUT2D eigenvalue weighted by molar-refractivity contribution is 0.574. The second-order valence-electron chi connectivity index (χ2n) is 5.05. The van der Waals surface area contributed by atoms with Gasteiger partial charge < -0.3 is 5.32 Å². The second kappa shape index (κ2) is 7.22. The second-order valence-corrected chi connectivity index (χ2v) is 7.73. The van der Waals surface area contributed by atoms with Gasteiger partial charge in [-0.1, -0.05) is 30.7 Å². The largest absolute Gasteiger partial charge is 0.306 e. The van der Waals surface area contributed by atoms with E-state index in [4.69, 9.17) is 11.6 Å². The van der Waals surface area contributed by atoms with E-state index in [1.807, 2.05) is 25.1 Å². The van der Waals surface area contributed by atoms with Gasteiger partial charge >= 0.3 is 0 Å². The van der Waals surface area contributed by atoms with E-state index < -0.39 is 9.84 Å². The molecule has 118 valence electrons. The van der Waals surface area contributed by atoms with Crippen LogP contribution in [0.1, 0.15) is 31.0 Å². The van der Waals surface area contributed by atoms with Crippen molar-refractivity contribution in [1.82, 2.24) is 10.3 Å². The third-order valence-electron chi connectivity index (χ3n) is 3.55. The summed E-state index contributed by atoms with van der Waals surface area (Å²) in [6.07, 6.45) is 3.34. The highest BCUT2D eigenvalue weighted by molar-refractivity contribution is 7.91. The van der Waals surface area contributed by atoms with Crippen LogP contribution in [0.15, 0.2) is 47.6 Å². The summed E-state index contributed by atoms with van der Waals surface area (Å²) in [4.78, 5) is 4.33. The SMILES string of the molecule is CCS(=O)(=O)c1ccc(CNC(C)c2ccncc2Cl)cc1. The van der Waals surface area contributed by atoms with E-state index in [1.165, 1.54) is 0 Å². The van der Waals surface area contributed by atoms with E-state index in [0.717, 1.165) is 11.1 Å². The summed E-state index contributed by atoms with van der Waals surface area (Å²) in [7, 11) is -3.14. The molecule has 6 heteroatoms. The number of hydrogen-bond acceptors (Lipinski definition) is 4. The van der Waals surface area contributed by atoms with E-state index in [2.05, 4.69) is 10.3 Å². The quantitative estimate of drug-likeness (QED) is 0.877. The molecule has 1 heterocycles. The molecule has 4 nitrogen and oxygen atoms in total. The van der Waals surface area contributed by atoms with Gasteiger partial charge in [-0.3, -0.25) is 4.98 Å². The van der Waals surface area contributed by atoms with Gasteiger partial charge in [0, 0.05) is 25.0 Å². The molecule has 0 radical (unpaired) electrons. The molecule has 1 aromatic heterocycles. The first kappa shape index (κ1) is 16.9. The molecule has 2 aromatic rings. The van der Waals surface area contributed by atoms with E-state index in [-0.39, 0.29) is 11.8 Å². The maximum Gasteiger partial charge on any atom is 0.178 e. The smallest absolute Gasteiger partial charge is 0.178 e. The zero-order valence-electron chi connectivity index (χ0n) is 12.6. The van der Waals surface area contributed by atoms with Crippen LogP contribution in [0.3, 0.4) is 0 Å². The number of nitrogens with one attached hydrogen (secondary N) is 1. The Hall–Kier alpha value is -1.43. The minimum Gasteiger partial charge on any atom is -0.306 e. The average Bonchev–Trinajstić information content (AvgIpc) is 2.53. The van der Waals surface area contributed by atoms with Crippen molar-refractivity contribution in [3.8, 4) is 0 Å². The van der Waals surface area contributed by atoms with Crippen molar-refractivity contribution in [2.75, 3.05) is 5.75 Å². The first-order chi connectivity index (χ1) is 10.4. The topological polar surface area (TPSA) is 59.1 Å². The lowest BCUT2D eigenvalue weighted by atomic mass is 10.1. The number of aromatic nitrogens is 1. The fourth-order valence-corrected chi connectivity index (χ4v) is 3.27. The molecule has 1 aromatic carbocycles. The Morgan fingerprint density at radius 2 is 1.91 bits per heavy atom. The summed E-state index contributed by atoms with van der Waals surface area (Å²) in [6.45, 7) is 4.30. The molecule has 0 aliphatic rings. The predicted octanol–water partition coefficient (Wildman–Crippen LogP) is 3.38. The summed E-state index contributed by atoms with van der Waals surface area (Å²) in [5.41, 5.74) is 2.01. The molecular weight excluding hydrogens is 320 g/mol. The Labute approximate surface area is 136 Å². The standard InChI is InChI=1S/C16H19ClN2O2S/c1-3-22(20,21)14-6-4-13(5-7-14)10-19-12(2)15-8-9-18-11-16(15)17/h4-9,11-12,19H,3,10H2,1-2H3. The molecule has 22 heavy (non-hydrogen) atoms. The van der Waals surface area contributed by atoms with Gasteiger partial charge in [0.2, 0.25) is 0 Å². The van der Waals surface area contributed by atoms with Crippen molar-refractivity contribution in [3.05, 3.63) is 58.9 Å². The summed E-state index contributed by atoms with van der Waals surface area (Å²) >= 11 is 6.12. The molecular formula is C16H19ClN2O2S. The van der Waals surface area contributed by atoms with Crippen LogP contribution in [-0.2, 0) is 16.4 Å². The minimum atomic E-state index is -3.14. The number of rotatable bonds is 6. The maximum absolute atomic E-state index is 11.8. The first-order valence-electron chi connectivity index (χ1n) is 7.08. The molecule has 0 spiro atoms. The molecule has 0 saturated carbocycles. The van der Waals surface area contributed by atoms with Crippen LogP contribution >= 0.6 is 11.6 Å². The van der Waals surface area contributed by atoms with Gasteiger partial charge in [0.1, 0.15) is 0 Å². The van der Waals surface area contributed by atoms with Gasteiger partial charge in [-0.25, -0.2) is 8.42 Å². The number of sulfone groups is 1. The molecule has 0 saturated heterocycles. The monoisotopic (exact) mass is 338 g/mol. The Morgan fingerprint density at radius 3 is 2.50 bits per heavy atom. The van der Waals surface area contributed by atoms with Crippen molar-refractivity contribution < 1.29 is 8.42 Å². The van der Waals surface area contributed by atoms with Crippen molar-refractivity contribution in [3.63, 3.8) is 0 Å². The van der Waals surface area contributed by atoms with Gasteiger partial charge in [-0.05, 0) is 36.2 Å². The zero-order chi connectivity index (χ0) is 16.2. The van der Waals surface area contributed by atoms with Crippen LogP contribution < -0.4 is 5.32 Å². The molecule has 0 amide bonds. The minimum absolute atomic E-state index is 0.0783. The molecule has 0 aliphatic heterocycles. The van der Waals surface area contributed by atoms with E-state index >= 15 is 0 Å². The van der Waals surface area contributed by atoms with Crippen LogP contribution in [0, 0.1) is 0 Å². The lowest BCUT2D eigenvalue weighted by Crippen LogP contribution is -2.18. The molecule has 1 N–H and O–H groups in total. The Kier molecular flexibility index (Phi) is 5.56. The molecule has 2 rings (SSSR count). The molecule has 1 unspecified atom stereocenters. The Balaban J connectivity index is 2.02. The van der Waals surface area contributed by atoms with E-state index in [1.54, 1.807) is 31.5 Å². The van der Waals surface area contributed by atoms with Gasteiger partial charge in [0.05, 0.1) is 15.7 Å². The average molecular weight is 339 g/mol. The number of halogens is 1. The van der Waals surface area contributed by atoms with Crippen molar-refractivity contribution in [1.29, 1.82) is 0 Å². The van der Waals surface area contributed by atoms with Crippen LogP contribution in [-0.4, -0.2) is 19.2 Å². The van der Waals surface area contributed by atoms with Gasteiger partial charge in [-0.2, -0.15) is 0 Å². The Bertz CT molecular complexity index is 730. The molecule has 0 fully saturated rings. The van der Waals surface area contributed by atoms with Crippen LogP contribution in [0.25, 0.3) is 0 Å². The van der Waals surface area contributed by atoms with Gasteiger partial charge in [0.15, 0.2) is 9.84 Å².